The second kappa shape index (κ2) is 8.54. The number of carbonyl (C=O) groups is 2. The standard InChI is InChI=1S/C18H14BrN3O2S2/c19-11-3-5-12(6-4-11)21-17(24)10-26-18-14(9-20)13(8-16(23)22-18)15-2-1-7-25-15/h1-7,13H,8,10H2,(H,21,24)(H,22,23). The van der Waals surface area contributed by atoms with Crippen molar-refractivity contribution in [3.8, 4) is 6.07 Å². The molecular weight excluding hydrogens is 434 g/mol. The quantitative estimate of drug-likeness (QED) is 0.718. The van der Waals surface area contributed by atoms with Crippen molar-refractivity contribution in [1.82, 2.24) is 5.32 Å². The molecule has 1 aliphatic rings. The molecule has 1 aromatic heterocycles. The molecule has 0 radical (unpaired) electrons. The lowest BCUT2D eigenvalue weighted by atomic mass is 9.93. The lowest BCUT2D eigenvalue weighted by Crippen LogP contribution is -2.31. The number of nitrogens with zero attached hydrogens (tertiary/aromatic N) is 1. The molecule has 0 fully saturated rings. The topological polar surface area (TPSA) is 82.0 Å². The normalized spacial score (nSPS) is 16.8. The molecule has 2 amide bonds. The van der Waals surface area contributed by atoms with E-state index in [1.54, 1.807) is 12.1 Å². The summed E-state index contributed by atoms with van der Waals surface area (Å²) in [5.41, 5.74) is 1.20. The molecular formula is C18H14BrN3O2S2. The van der Waals surface area contributed by atoms with Gasteiger partial charge in [0.25, 0.3) is 0 Å². The van der Waals surface area contributed by atoms with E-state index in [1.807, 2.05) is 29.6 Å². The van der Waals surface area contributed by atoms with Crippen molar-refractivity contribution >= 4 is 56.5 Å². The fourth-order valence-electron chi connectivity index (χ4n) is 2.53. The molecule has 2 aromatic rings. The van der Waals surface area contributed by atoms with Gasteiger partial charge in [0, 0.05) is 27.4 Å². The Balaban J connectivity index is 1.70. The minimum Gasteiger partial charge on any atom is -0.325 e. The zero-order chi connectivity index (χ0) is 18.5. The zero-order valence-corrected chi connectivity index (χ0v) is 16.7. The number of hydrogen-bond acceptors (Lipinski definition) is 5. The third-order valence-corrected chi connectivity index (χ3v) is 6.25. The van der Waals surface area contributed by atoms with Crippen LogP contribution in [0.3, 0.4) is 0 Å². The van der Waals surface area contributed by atoms with E-state index in [1.165, 1.54) is 23.1 Å². The monoisotopic (exact) mass is 447 g/mol. The van der Waals surface area contributed by atoms with Gasteiger partial charge in [-0.15, -0.1) is 11.3 Å². The molecule has 8 heteroatoms. The minimum atomic E-state index is -0.245. The Kier molecular flexibility index (Phi) is 6.14. The number of thiophene rings is 1. The first-order valence-electron chi connectivity index (χ1n) is 7.72. The Morgan fingerprint density at radius 2 is 2.15 bits per heavy atom. The van der Waals surface area contributed by atoms with Crippen LogP contribution in [0, 0.1) is 11.3 Å². The maximum atomic E-state index is 12.2. The summed E-state index contributed by atoms with van der Waals surface area (Å²) >= 11 is 6.04. The first-order chi connectivity index (χ1) is 12.6. The highest BCUT2D eigenvalue weighted by Crippen LogP contribution is 2.37. The largest absolute Gasteiger partial charge is 0.325 e. The molecule has 0 saturated carbocycles. The van der Waals surface area contributed by atoms with Crippen molar-refractivity contribution < 1.29 is 9.59 Å². The maximum Gasteiger partial charge on any atom is 0.234 e. The highest BCUT2D eigenvalue weighted by Gasteiger charge is 2.30. The molecule has 26 heavy (non-hydrogen) atoms. The van der Waals surface area contributed by atoms with E-state index in [0.29, 0.717) is 16.3 Å². The van der Waals surface area contributed by atoms with Gasteiger partial charge in [0.1, 0.15) is 0 Å². The Hall–Kier alpha value is -2.08. The van der Waals surface area contributed by atoms with Crippen LogP contribution in [-0.2, 0) is 9.59 Å². The average molecular weight is 448 g/mol. The highest BCUT2D eigenvalue weighted by atomic mass is 79.9. The van der Waals surface area contributed by atoms with Gasteiger partial charge in [0.15, 0.2) is 0 Å². The van der Waals surface area contributed by atoms with Gasteiger partial charge in [0.05, 0.1) is 22.4 Å². The molecule has 0 aliphatic carbocycles. The van der Waals surface area contributed by atoms with Crippen molar-refractivity contribution in [2.75, 3.05) is 11.1 Å². The van der Waals surface area contributed by atoms with E-state index >= 15 is 0 Å². The summed E-state index contributed by atoms with van der Waals surface area (Å²) < 4.78 is 0.929. The van der Waals surface area contributed by atoms with Crippen LogP contribution in [-0.4, -0.2) is 17.6 Å². The van der Waals surface area contributed by atoms with Gasteiger partial charge in [-0.25, -0.2) is 0 Å². The van der Waals surface area contributed by atoms with Crippen molar-refractivity contribution in [2.45, 2.75) is 12.3 Å². The van der Waals surface area contributed by atoms with E-state index in [4.69, 9.17) is 0 Å². The minimum absolute atomic E-state index is 0.105. The van der Waals surface area contributed by atoms with Gasteiger partial charge in [-0.05, 0) is 35.7 Å². The van der Waals surface area contributed by atoms with Gasteiger partial charge in [-0.3, -0.25) is 9.59 Å². The van der Waals surface area contributed by atoms with E-state index in [2.05, 4.69) is 32.6 Å². The predicted molar refractivity (Wildman–Crippen MR) is 108 cm³/mol. The molecule has 2 N–H and O–H groups in total. The van der Waals surface area contributed by atoms with Crippen molar-refractivity contribution in [3.63, 3.8) is 0 Å². The molecule has 0 spiro atoms. The van der Waals surface area contributed by atoms with Crippen LogP contribution in [0.25, 0.3) is 0 Å². The van der Waals surface area contributed by atoms with Gasteiger partial charge in [-0.2, -0.15) is 5.26 Å². The zero-order valence-electron chi connectivity index (χ0n) is 13.5. The summed E-state index contributed by atoms with van der Waals surface area (Å²) in [7, 11) is 0. The number of hydrogen-bond donors (Lipinski definition) is 2. The molecule has 2 heterocycles. The van der Waals surface area contributed by atoms with Crippen LogP contribution in [0.4, 0.5) is 5.69 Å². The summed E-state index contributed by atoms with van der Waals surface area (Å²) in [6.07, 6.45) is 0.249. The molecule has 1 aliphatic heterocycles. The molecule has 3 rings (SSSR count). The van der Waals surface area contributed by atoms with E-state index in [0.717, 1.165) is 9.35 Å². The number of rotatable bonds is 5. The van der Waals surface area contributed by atoms with Crippen LogP contribution >= 0.6 is 39.0 Å². The second-order valence-corrected chi connectivity index (χ2v) is 8.40. The van der Waals surface area contributed by atoms with Crippen molar-refractivity contribution in [2.24, 2.45) is 0 Å². The average Bonchev–Trinajstić information content (AvgIpc) is 3.16. The van der Waals surface area contributed by atoms with Gasteiger partial charge in [-0.1, -0.05) is 33.8 Å². The number of benzene rings is 1. The summed E-state index contributed by atoms with van der Waals surface area (Å²) in [5.74, 6) is -0.479. The van der Waals surface area contributed by atoms with Crippen LogP contribution in [0.15, 0.2) is 56.9 Å². The van der Waals surface area contributed by atoms with Gasteiger partial charge in [0.2, 0.25) is 11.8 Å². The molecule has 0 saturated heterocycles. The SMILES string of the molecule is N#CC1=C(SCC(=O)Nc2ccc(Br)cc2)NC(=O)CC1c1cccs1. The maximum absolute atomic E-state index is 12.2. The van der Waals surface area contributed by atoms with Crippen molar-refractivity contribution in [3.05, 3.63) is 61.7 Å². The summed E-state index contributed by atoms with van der Waals surface area (Å²) in [6.45, 7) is 0. The fourth-order valence-corrected chi connectivity index (χ4v) is 4.51. The Morgan fingerprint density at radius 1 is 1.38 bits per heavy atom. The molecule has 0 bridgehead atoms. The number of halogens is 1. The molecule has 5 nitrogen and oxygen atoms in total. The predicted octanol–water partition coefficient (Wildman–Crippen LogP) is 4.22. The van der Waals surface area contributed by atoms with Gasteiger partial charge < -0.3 is 10.6 Å². The Morgan fingerprint density at radius 3 is 2.81 bits per heavy atom. The van der Waals surface area contributed by atoms with Crippen LogP contribution < -0.4 is 10.6 Å². The molecule has 1 aromatic carbocycles. The van der Waals surface area contributed by atoms with E-state index < -0.39 is 0 Å². The molecule has 1 unspecified atom stereocenters. The molecule has 132 valence electrons. The number of amides is 2. The number of thioether (sulfide) groups is 1. The second-order valence-electron chi connectivity index (χ2n) is 5.52. The van der Waals surface area contributed by atoms with Crippen LogP contribution in [0.1, 0.15) is 17.2 Å². The smallest absolute Gasteiger partial charge is 0.234 e. The number of anilines is 1. The summed E-state index contributed by atoms with van der Waals surface area (Å²) in [5, 5.41) is 17.5. The fraction of sp³-hybridized carbons (Fsp3) is 0.167. The third kappa shape index (κ3) is 4.55. The lowest BCUT2D eigenvalue weighted by molar-refractivity contribution is -0.121. The summed E-state index contributed by atoms with van der Waals surface area (Å²) in [4.78, 5) is 25.2. The van der Waals surface area contributed by atoms with Crippen LogP contribution in [0.2, 0.25) is 0 Å². The van der Waals surface area contributed by atoms with Gasteiger partial charge >= 0.3 is 0 Å². The number of carbonyl (C=O) groups excluding carboxylic acids is 2. The Bertz CT molecular complexity index is 886. The highest BCUT2D eigenvalue weighted by molar-refractivity contribution is 9.10. The Labute approximate surface area is 167 Å². The van der Waals surface area contributed by atoms with E-state index in [9.17, 15) is 14.9 Å². The van der Waals surface area contributed by atoms with E-state index in [-0.39, 0.29) is 29.9 Å². The first kappa shape index (κ1) is 18.7. The van der Waals surface area contributed by atoms with Crippen LogP contribution in [0.5, 0.6) is 0 Å². The van der Waals surface area contributed by atoms with Crippen molar-refractivity contribution in [1.29, 1.82) is 5.26 Å². The number of nitriles is 1. The lowest BCUT2D eigenvalue weighted by Gasteiger charge is -2.23. The molecule has 1 atom stereocenters. The number of nitrogens with one attached hydrogen (secondary N) is 2. The third-order valence-electron chi connectivity index (χ3n) is 3.72. The number of allylic oxidation sites excluding steroid dienone is 1. The summed E-state index contributed by atoms with van der Waals surface area (Å²) in [6, 6.07) is 13.3. The first-order valence-corrected chi connectivity index (χ1v) is 10.4.